The van der Waals surface area contributed by atoms with Gasteiger partial charge in [0.25, 0.3) is 0 Å². The van der Waals surface area contributed by atoms with Crippen molar-refractivity contribution in [3.05, 3.63) is 0 Å². The van der Waals surface area contributed by atoms with E-state index < -0.39 is 6.03 Å². The van der Waals surface area contributed by atoms with Gasteiger partial charge in [-0.15, -0.1) is 12.4 Å². The minimum atomic E-state index is -0.406. The molecule has 3 atom stereocenters. The number of urea groups is 1. The summed E-state index contributed by atoms with van der Waals surface area (Å²) in [6, 6.07) is -0.652. The van der Waals surface area contributed by atoms with Crippen LogP contribution in [0.2, 0.25) is 0 Å². The predicted molar refractivity (Wildman–Crippen MR) is 80.0 cm³/mol. The zero-order valence-electron chi connectivity index (χ0n) is 12.1. The minimum absolute atomic E-state index is 0. The van der Waals surface area contributed by atoms with Gasteiger partial charge in [0.2, 0.25) is 5.91 Å². The molecule has 0 radical (unpaired) electrons. The van der Waals surface area contributed by atoms with Crippen LogP contribution in [-0.2, 0) is 4.79 Å². The van der Waals surface area contributed by atoms with Gasteiger partial charge in [0.15, 0.2) is 0 Å². The lowest BCUT2D eigenvalue weighted by molar-refractivity contribution is -0.125. The van der Waals surface area contributed by atoms with E-state index in [2.05, 4.69) is 20.9 Å². The number of hydrogen-bond acceptors (Lipinski definition) is 4. The number of carbonyl (C=O) groups excluding carboxylic acids is 2. The summed E-state index contributed by atoms with van der Waals surface area (Å²) in [5.74, 6) is 1.19. The normalized spacial score (nSPS) is 27.1. The highest BCUT2D eigenvalue weighted by Crippen LogP contribution is 2.27. The molecule has 2 rings (SSSR count). The maximum Gasteiger partial charge on any atom is 0.321 e. The van der Waals surface area contributed by atoms with Crippen LogP contribution in [0.4, 0.5) is 4.79 Å². The SMILES string of the molecule is CCNC(=O)NC(=O)C(C)N1CCC2CNCC2C1.Cl. The first kappa shape index (κ1) is 17.2. The standard InChI is InChI=1S/C13H24N4O2.ClH/c1-3-15-13(19)16-12(18)9(2)17-5-4-10-6-14-7-11(10)8-17;/h9-11,14H,3-8H2,1-2H3,(H2,15,16,18,19);1H. The summed E-state index contributed by atoms with van der Waals surface area (Å²) < 4.78 is 0. The van der Waals surface area contributed by atoms with Crippen LogP contribution >= 0.6 is 12.4 Å². The first-order valence-corrected chi connectivity index (χ1v) is 7.15. The molecule has 3 amide bonds. The molecule has 2 heterocycles. The zero-order valence-corrected chi connectivity index (χ0v) is 13.0. The molecule has 3 unspecified atom stereocenters. The largest absolute Gasteiger partial charge is 0.338 e. The van der Waals surface area contributed by atoms with Crippen molar-refractivity contribution >= 4 is 24.3 Å². The van der Waals surface area contributed by atoms with Crippen molar-refractivity contribution in [3.63, 3.8) is 0 Å². The van der Waals surface area contributed by atoms with E-state index in [4.69, 9.17) is 0 Å². The van der Waals surface area contributed by atoms with Gasteiger partial charge in [0, 0.05) is 13.1 Å². The van der Waals surface area contributed by atoms with Gasteiger partial charge in [0.05, 0.1) is 6.04 Å². The van der Waals surface area contributed by atoms with Crippen molar-refractivity contribution < 1.29 is 9.59 Å². The number of rotatable bonds is 3. The molecule has 3 N–H and O–H groups in total. The van der Waals surface area contributed by atoms with Crippen molar-refractivity contribution in [1.29, 1.82) is 0 Å². The Balaban J connectivity index is 0.00000200. The number of imide groups is 1. The van der Waals surface area contributed by atoms with E-state index in [0.717, 1.165) is 38.5 Å². The van der Waals surface area contributed by atoms with Gasteiger partial charge in [0.1, 0.15) is 0 Å². The maximum atomic E-state index is 12.0. The van der Waals surface area contributed by atoms with E-state index in [0.29, 0.717) is 12.5 Å². The van der Waals surface area contributed by atoms with Gasteiger partial charge in [-0.05, 0) is 51.7 Å². The third-order valence-electron chi connectivity index (χ3n) is 4.24. The van der Waals surface area contributed by atoms with Gasteiger partial charge in [-0.2, -0.15) is 0 Å². The number of halogens is 1. The molecule has 116 valence electrons. The second kappa shape index (κ2) is 7.81. The summed E-state index contributed by atoms with van der Waals surface area (Å²) in [5.41, 5.74) is 0. The fourth-order valence-electron chi connectivity index (χ4n) is 3.00. The number of nitrogens with one attached hydrogen (secondary N) is 3. The first-order valence-electron chi connectivity index (χ1n) is 7.15. The van der Waals surface area contributed by atoms with E-state index >= 15 is 0 Å². The fraction of sp³-hybridized carbons (Fsp3) is 0.846. The molecule has 6 nitrogen and oxygen atoms in total. The van der Waals surface area contributed by atoms with Gasteiger partial charge in [-0.1, -0.05) is 0 Å². The van der Waals surface area contributed by atoms with Crippen molar-refractivity contribution in [1.82, 2.24) is 20.9 Å². The molecule has 2 aliphatic heterocycles. The van der Waals surface area contributed by atoms with E-state index in [1.807, 2.05) is 13.8 Å². The third kappa shape index (κ3) is 4.07. The van der Waals surface area contributed by atoms with Gasteiger partial charge >= 0.3 is 6.03 Å². The van der Waals surface area contributed by atoms with Crippen molar-refractivity contribution in [3.8, 4) is 0 Å². The molecular weight excluding hydrogens is 280 g/mol. The van der Waals surface area contributed by atoms with Crippen LogP contribution in [0.15, 0.2) is 0 Å². The number of carbonyl (C=O) groups is 2. The zero-order chi connectivity index (χ0) is 13.8. The molecule has 0 aromatic heterocycles. The Hall–Kier alpha value is -0.850. The molecule has 0 aliphatic carbocycles. The number of piperidine rings is 1. The lowest BCUT2D eigenvalue weighted by atomic mass is 9.88. The Bertz CT molecular complexity index is 353. The second-order valence-electron chi connectivity index (χ2n) is 5.49. The predicted octanol–water partition coefficient (Wildman–Crippen LogP) is 0.184. The number of likely N-dealkylation sites (tertiary alicyclic amines) is 1. The molecule has 0 saturated carbocycles. The molecule has 2 fully saturated rings. The second-order valence-corrected chi connectivity index (χ2v) is 5.49. The number of fused-ring (bicyclic) bond motifs is 1. The van der Waals surface area contributed by atoms with E-state index in [9.17, 15) is 9.59 Å². The average molecular weight is 305 g/mol. The monoisotopic (exact) mass is 304 g/mol. The van der Waals surface area contributed by atoms with Crippen LogP contribution in [0.3, 0.4) is 0 Å². The fourth-order valence-corrected chi connectivity index (χ4v) is 3.00. The van der Waals surface area contributed by atoms with Gasteiger partial charge in [-0.25, -0.2) is 4.79 Å². The molecule has 2 saturated heterocycles. The molecule has 0 bridgehead atoms. The third-order valence-corrected chi connectivity index (χ3v) is 4.24. The Morgan fingerprint density at radius 3 is 2.75 bits per heavy atom. The quantitative estimate of drug-likeness (QED) is 0.696. The highest BCUT2D eigenvalue weighted by molar-refractivity contribution is 5.96. The van der Waals surface area contributed by atoms with Gasteiger partial charge < -0.3 is 10.6 Å². The molecule has 0 aromatic carbocycles. The van der Waals surface area contributed by atoms with Crippen molar-refractivity contribution in [2.75, 3.05) is 32.7 Å². The topological polar surface area (TPSA) is 73.5 Å². The summed E-state index contributed by atoms with van der Waals surface area (Å²) in [6.45, 7) is 8.26. The molecule has 0 aromatic rings. The van der Waals surface area contributed by atoms with Crippen molar-refractivity contribution in [2.24, 2.45) is 11.8 Å². The van der Waals surface area contributed by atoms with E-state index in [1.54, 1.807) is 0 Å². The Morgan fingerprint density at radius 1 is 1.35 bits per heavy atom. The van der Waals surface area contributed by atoms with Crippen LogP contribution in [0.25, 0.3) is 0 Å². The smallest absolute Gasteiger partial charge is 0.321 e. The maximum absolute atomic E-state index is 12.0. The summed E-state index contributed by atoms with van der Waals surface area (Å²) >= 11 is 0. The summed E-state index contributed by atoms with van der Waals surface area (Å²) in [4.78, 5) is 25.5. The van der Waals surface area contributed by atoms with E-state index in [1.165, 1.54) is 0 Å². The van der Waals surface area contributed by atoms with Crippen LogP contribution in [-0.4, -0.2) is 55.6 Å². The molecule has 2 aliphatic rings. The Kier molecular flexibility index (Phi) is 6.71. The Labute approximate surface area is 126 Å². The van der Waals surface area contributed by atoms with E-state index in [-0.39, 0.29) is 24.4 Å². The Morgan fingerprint density at radius 2 is 2.05 bits per heavy atom. The summed E-state index contributed by atoms with van der Waals surface area (Å²) in [6.07, 6.45) is 1.14. The minimum Gasteiger partial charge on any atom is -0.338 e. The molecule has 7 heteroatoms. The van der Waals surface area contributed by atoms with Crippen LogP contribution in [0.5, 0.6) is 0 Å². The van der Waals surface area contributed by atoms with Crippen LogP contribution in [0, 0.1) is 11.8 Å². The number of hydrogen-bond donors (Lipinski definition) is 3. The first-order chi connectivity index (χ1) is 9.11. The summed E-state index contributed by atoms with van der Waals surface area (Å²) in [5, 5.41) is 8.37. The highest BCUT2D eigenvalue weighted by Gasteiger charge is 2.35. The van der Waals surface area contributed by atoms with Gasteiger partial charge in [-0.3, -0.25) is 15.0 Å². The average Bonchev–Trinajstić information content (AvgIpc) is 2.85. The van der Waals surface area contributed by atoms with Crippen molar-refractivity contribution in [2.45, 2.75) is 26.3 Å². The summed E-state index contributed by atoms with van der Waals surface area (Å²) in [7, 11) is 0. The lowest BCUT2D eigenvalue weighted by Gasteiger charge is -2.37. The molecular formula is C13H25ClN4O2. The molecule has 20 heavy (non-hydrogen) atoms. The number of amides is 3. The lowest BCUT2D eigenvalue weighted by Crippen LogP contribution is -2.53. The van der Waals surface area contributed by atoms with Crippen LogP contribution < -0.4 is 16.0 Å². The molecule has 0 spiro atoms. The van der Waals surface area contributed by atoms with Crippen LogP contribution in [0.1, 0.15) is 20.3 Å². The number of nitrogens with zero attached hydrogens (tertiary/aromatic N) is 1. The highest BCUT2D eigenvalue weighted by atomic mass is 35.5.